The highest BCUT2D eigenvalue weighted by Crippen LogP contribution is 2.14. The molecule has 0 atom stereocenters. The van der Waals surface area contributed by atoms with E-state index in [2.05, 4.69) is 15.5 Å². The Morgan fingerprint density at radius 2 is 2.06 bits per heavy atom. The number of urea groups is 1. The van der Waals surface area contributed by atoms with E-state index in [1.165, 1.54) is 19.3 Å². The van der Waals surface area contributed by atoms with Crippen LogP contribution in [-0.2, 0) is 0 Å². The van der Waals surface area contributed by atoms with Crippen LogP contribution in [0.4, 0.5) is 10.5 Å². The topological polar surface area (TPSA) is 44.4 Å². The van der Waals surface area contributed by atoms with Crippen LogP contribution in [0.15, 0.2) is 24.3 Å². The Bertz CT molecular complexity index is 405. The number of nitrogens with zero attached hydrogens (tertiary/aromatic N) is 1. The van der Waals surface area contributed by atoms with Gasteiger partial charge in [-0.25, -0.2) is 4.79 Å². The molecule has 0 bridgehead atoms. The molecule has 0 unspecified atom stereocenters. The first-order chi connectivity index (χ1) is 8.74. The predicted molar refractivity (Wildman–Crippen MR) is 73.9 cm³/mol. The summed E-state index contributed by atoms with van der Waals surface area (Å²) in [5, 5.41) is 6.23. The molecule has 5 heteroatoms. The Labute approximate surface area is 112 Å². The maximum atomic E-state index is 11.7. The number of halogens is 1. The smallest absolute Gasteiger partial charge is 0.320 e. The molecule has 1 fully saturated rings. The van der Waals surface area contributed by atoms with Gasteiger partial charge in [0.2, 0.25) is 0 Å². The van der Waals surface area contributed by atoms with E-state index in [9.17, 15) is 4.79 Å². The first-order valence-corrected chi connectivity index (χ1v) is 6.64. The lowest BCUT2D eigenvalue weighted by Crippen LogP contribution is -2.41. The van der Waals surface area contributed by atoms with Crippen LogP contribution < -0.4 is 10.6 Å². The molecule has 1 aromatic carbocycles. The third-order valence-electron chi connectivity index (χ3n) is 2.99. The quantitative estimate of drug-likeness (QED) is 0.884. The fourth-order valence-corrected chi connectivity index (χ4v) is 2.23. The molecule has 4 nitrogen and oxygen atoms in total. The minimum absolute atomic E-state index is 0.192. The highest BCUT2D eigenvalue weighted by molar-refractivity contribution is 6.30. The van der Waals surface area contributed by atoms with Crippen molar-refractivity contribution in [3.63, 3.8) is 0 Å². The Balaban J connectivity index is 1.74. The largest absolute Gasteiger partial charge is 0.325 e. The molecule has 0 saturated carbocycles. The second-order valence-corrected chi connectivity index (χ2v) is 4.91. The maximum Gasteiger partial charge on any atom is 0.320 e. The minimum atomic E-state index is -0.192. The zero-order valence-corrected chi connectivity index (χ0v) is 11.0. The highest BCUT2D eigenvalue weighted by atomic mass is 35.5. The number of hydrogen-bond donors (Lipinski definition) is 2. The second kappa shape index (κ2) is 6.61. The maximum absolute atomic E-state index is 11.7. The average molecular weight is 268 g/mol. The summed E-state index contributed by atoms with van der Waals surface area (Å²) in [6, 6.07) is 6.93. The van der Waals surface area contributed by atoms with Gasteiger partial charge in [-0.15, -0.1) is 0 Å². The van der Waals surface area contributed by atoms with Crippen LogP contribution in [0.5, 0.6) is 0 Å². The van der Waals surface area contributed by atoms with Crippen LogP contribution >= 0.6 is 11.6 Å². The van der Waals surface area contributed by atoms with Crippen molar-refractivity contribution in [1.82, 2.24) is 10.2 Å². The number of carbonyl (C=O) groups is 1. The first-order valence-electron chi connectivity index (χ1n) is 6.27. The van der Waals surface area contributed by atoms with Crippen molar-refractivity contribution in [3.05, 3.63) is 29.3 Å². The second-order valence-electron chi connectivity index (χ2n) is 4.48. The van der Waals surface area contributed by atoms with Crippen molar-refractivity contribution in [3.8, 4) is 0 Å². The molecule has 0 aliphatic carbocycles. The van der Waals surface area contributed by atoms with E-state index in [1.807, 2.05) is 12.1 Å². The molecule has 0 radical (unpaired) electrons. The molecule has 1 heterocycles. The number of anilines is 1. The van der Waals surface area contributed by atoms with Crippen molar-refractivity contribution >= 4 is 23.3 Å². The summed E-state index contributed by atoms with van der Waals surface area (Å²) in [5.74, 6) is 0. The standard InChI is InChI=1S/C13H18ClN3O/c14-11-5-4-6-12(9-11)16-13(18)15-10-17-7-2-1-3-8-17/h4-6,9H,1-3,7-8,10H2,(H2,15,16,18). The van der Waals surface area contributed by atoms with Crippen molar-refractivity contribution in [2.45, 2.75) is 19.3 Å². The van der Waals surface area contributed by atoms with Gasteiger partial charge in [0.15, 0.2) is 0 Å². The van der Waals surface area contributed by atoms with E-state index in [0.717, 1.165) is 13.1 Å². The summed E-state index contributed by atoms with van der Waals surface area (Å²) in [5.41, 5.74) is 0.707. The van der Waals surface area contributed by atoms with Crippen LogP contribution in [0.3, 0.4) is 0 Å². The molecule has 1 aliphatic heterocycles. The molecule has 0 aromatic heterocycles. The number of carbonyl (C=O) groups excluding carboxylic acids is 1. The molecule has 0 spiro atoms. The molecule has 98 valence electrons. The lowest BCUT2D eigenvalue weighted by molar-refractivity contribution is 0.207. The molecular formula is C13H18ClN3O. The van der Waals surface area contributed by atoms with Gasteiger partial charge in [0.1, 0.15) is 0 Å². The highest BCUT2D eigenvalue weighted by Gasteiger charge is 2.10. The number of likely N-dealkylation sites (tertiary alicyclic amines) is 1. The minimum Gasteiger partial charge on any atom is -0.325 e. The van der Waals surface area contributed by atoms with Crippen molar-refractivity contribution in [2.24, 2.45) is 0 Å². The summed E-state index contributed by atoms with van der Waals surface area (Å²) in [4.78, 5) is 13.9. The van der Waals surface area contributed by atoms with Gasteiger partial charge in [0.25, 0.3) is 0 Å². The van der Waals surface area contributed by atoms with Gasteiger partial charge in [0.05, 0.1) is 6.67 Å². The van der Waals surface area contributed by atoms with Crippen LogP contribution in [0, 0.1) is 0 Å². The molecular weight excluding hydrogens is 250 g/mol. The summed E-state index contributed by atoms with van der Waals surface area (Å²) >= 11 is 5.85. The predicted octanol–water partition coefficient (Wildman–Crippen LogP) is 2.90. The Kier molecular flexibility index (Phi) is 4.84. The third-order valence-corrected chi connectivity index (χ3v) is 3.23. The van der Waals surface area contributed by atoms with Gasteiger partial charge in [-0.3, -0.25) is 4.90 Å². The molecule has 18 heavy (non-hydrogen) atoms. The van der Waals surface area contributed by atoms with E-state index < -0.39 is 0 Å². The monoisotopic (exact) mass is 267 g/mol. The van der Waals surface area contributed by atoms with Crippen molar-refractivity contribution < 1.29 is 4.79 Å². The number of amides is 2. The van der Waals surface area contributed by atoms with E-state index in [4.69, 9.17) is 11.6 Å². The Hall–Kier alpha value is -1.26. The summed E-state index contributed by atoms with van der Waals surface area (Å²) in [6.07, 6.45) is 3.74. The number of hydrogen-bond acceptors (Lipinski definition) is 2. The van der Waals surface area contributed by atoms with E-state index in [0.29, 0.717) is 17.4 Å². The molecule has 2 N–H and O–H groups in total. The van der Waals surface area contributed by atoms with Crippen LogP contribution in [0.25, 0.3) is 0 Å². The van der Waals surface area contributed by atoms with Crippen LogP contribution in [-0.4, -0.2) is 30.7 Å². The van der Waals surface area contributed by atoms with Gasteiger partial charge in [-0.05, 0) is 44.1 Å². The zero-order valence-electron chi connectivity index (χ0n) is 10.3. The number of rotatable bonds is 3. The van der Waals surface area contributed by atoms with Gasteiger partial charge in [-0.1, -0.05) is 24.1 Å². The summed E-state index contributed by atoms with van der Waals surface area (Å²) < 4.78 is 0. The zero-order chi connectivity index (χ0) is 12.8. The van der Waals surface area contributed by atoms with Gasteiger partial charge >= 0.3 is 6.03 Å². The van der Waals surface area contributed by atoms with Crippen LogP contribution in [0.2, 0.25) is 5.02 Å². The SMILES string of the molecule is O=C(NCN1CCCCC1)Nc1cccc(Cl)c1. The van der Waals surface area contributed by atoms with Crippen molar-refractivity contribution in [1.29, 1.82) is 0 Å². The molecule has 1 saturated heterocycles. The Morgan fingerprint density at radius 3 is 2.78 bits per heavy atom. The first kappa shape index (κ1) is 13.2. The van der Waals surface area contributed by atoms with E-state index in [-0.39, 0.29) is 6.03 Å². The molecule has 2 rings (SSSR count). The molecule has 2 amide bonds. The van der Waals surface area contributed by atoms with Crippen LogP contribution in [0.1, 0.15) is 19.3 Å². The van der Waals surface area contributed by atoms with E-state index >= 15 is 0 Å². The molecule has 1 aliphatic rings. The normalized spacial score (nSPS) is 16.3. The van der Waals surface area contributed by atoms with Gasteiger partial charge in [0, 0.05) is 10.7 Å². The summed E-state index contributed by atoms with van der Waals surface area (Å²) in [7, 11) is 0. The summed E-state index contributed by atoms with van der Waals surface area (Å²) in [6.45, 7) is 2.74. The fraction of sp³-hybridized carbons (Fsp3) is 0.462. The molecule has 1 aromatic rings. The van der Waals surface area contributed by atoms with E-state index in [1.54, 1.807) is 12.1 Å². The average Bonchev–Trinajstić information content (AvgIpc) is 2.38. The number of nitrogens with one attached hydrogen (secondary N) is 2. The Morgan fingerprint density at radius 1 is 1.28 bits per heavy atom. The third kappa shape index (κ3) is 4.20. The lowest BCUT2D eigenvalue weighted by atomic mass is 10.1. The van der Waals surface area contributed by atoms with Crippen molar-refractivity contribution in [2.75, 3.05) is 25.1 Å². The number of benzene rings is 1. The van der Waals surface area contributed by atoms with Gasteiger partial charge < -0.3 is 10.6 Å². The fourth-order valence-electron chi connectivity index (χ4n) is 2.04. The van der Waals surface area contributed by atoms with Gasteiger partial charge in [-0.2, -0.15) is 0 Å². The lowest BCUT2D eigenvalue weighted by Gasteiger charge is -2.26. The number of piperidine rings is 1.